The number of hydrogen-bond donors (Lipinski definition) is 3. The van der Waals surface area contributed by atoms with Gasteiger partial charge in [-0.2, -0.15) is 0 Å². The number of H-pyrrole nitrogens is 1. The number of aryl methyl sites for hydroxylation is 1. The minimum Gasteiger partial charge on any atom is -0.493 e. The van der Waals surface area contributed by atoms with Crippen molar-refractivity contribution in [3.8, 4) is 11.5 Å². The lowest BCUT2D eigenvalue weighted by Crippen LogP contribution is -2.20. The van der Waals surface area contributed by atoms with Crippen molar-refractivity contribution in [3.05, 3.63) is 84.1 Å². The molecule has 0 atom stereocenters. The Morgan fingerprint density at radius 3 is 2.27 bits per heavy atom. The molecule has 1 aromatic heterocycles. The number of rotatable bonds is 8. The summed E-state index contributed by atoms with van der Waals surface area (Å²) in [6.07, 6.45) is 0.249. The van der Waals surface area contributed by atoms with Gasteiger partial charge in [-0.15, -0.1) is 0 Å². The SMILES string of the molecule is COc1ccccc1OCC(=O)Nc1cccc(NC(=O)Cc2c(C)[nH]c3ccccc23)c1. The van der Waals surface area contributed by atoms with Gasteiger partial charge >= 0.3 is 0 Å². The molecule has 2 amide bonds. The lowest BCUT2D eigenvalue weighted by molar-refractivity contribution is -0.118. The van der Waals surface area contributed by atoms with Crippen LogP contribution in [0.2, 0.25) is 0 Å². The fraction of sp³-hybridized carbons (Fsp3) is 0.154. The molecule has 0 spiro atoms. The first-order valence-corrected chi connectivity index (χ1v) is 10.6. The van der Waals surface area contributed by atoms with Crippen LogP contribution in [0, 0.1) is 6.92 Å². The maximum absolute atomic E-state index is 12.7. The summed E-state index contributed by atoms with van der Waals surface area (Å²) in [5.41, 5.74) is 4.12. The molecular formula is C26H25N3O4. The van der Waals surface area contributed by atoms with E-state index in [1.165, 1.54) is 0 Å². The maximum Gasteiger partial charge on any atom is 0.262 e. The van der Waals surface area contributed by atoms with Gasteiger partial charge in [-0.1, -0.05) is 36.4 Å². The highest BCUT2D eigenvalue weighted by molar-refractivity contribution is 5.97. The topological polar surface area (TPSA) is 92.4 Å². The van der Waals surface area contributed by atoms with Crippen LogP contribution in [0.5, 0.6) is 11.5 Å². The number of nitrogens with one attached hydrogen (secondary N) is 3. The summed E-state index contributed by atoms with van der Waals surface area (Å²) in [6, 6.07) is 22.0. The highest BCUT2D eigenvalue weighted by Crippen LogP contribution is 2.26. The molecule has 0 aliphatic heterocycles. The average Bonchev–Trinajstić information content (AvgIpc) is 3.13. The third-order valence-corrected chi connectivity index (χ3v) is 5.22. The Labute approximate surface area is 191 Å². The number of fused-ring (bicyclic) bond motifs is 1. The summed E-state index contributed by atoms with van der Waals surface area (Å²) in [5.74, 6) is 0.592. The highest BCUT2D eigenvalue weighted by Gasteiger charge is 2.13. The van der Waals surface area contributed by atoms with Crippen molar-refractivity contribution >= 4 is 34.1 Å². The van der Waals surface area contributed by atoms with E-state index in [9.17, 15) is 9.59 Å². The minimum absolute atomic E-state index is 0.133. The molecule has 0 aliphatic rings. The molecule has 0 bridgehead atoms. The zero-order valence-corrected chi connectivity index (χ0v) is 18.5. The summed E-state index contributed by atoms with van der Waals surface area (Å²) in [6.45, 7) is 1.79. The number of amides is 2. The Balaban J connectivity index is 1.36. The van der Waals surface area contributed by atoms with E-state index in [1.807, 2.05) is 37.3 Å². The van der Waals surface area contributed by atoms with E-state index in [0.29, 0.717) is 22.9 Å². The standard InChI is InChI=1S/C26H25N3O4/c1-17-21(20-10-3-4-11-22(20)27-17)15-25(30)28-18-8-7-9-19(14-18)29-26(31)16-33-24-13-6-5-12-23(24)32-2/h3-14,27H,15-16H2,1-2H3,(H,28,30)(H,29,31). The van der Waals surface area contributed by atoms with Gasteiger partial charge in [0, 0.05) is 28.0 Å². The molecule has 4 aromatic rings. The fourth-order valence-corrected chi connectivity index (χ4v) is 3.68. The van der Waals surface area contributed by atoms with Crippen molar-refractivity contribution in [1.82, 2.24) is 4.98 Å². The number of methoxy groups -OCH3 is 1. The molecule has 0 aliphatic carbocycles. The Morgan fingerprint density at radius 1 is 0.848 bits per heavy atom. The number of anilines is 2. The van der Waals surface area contributed by atoms with Gasteiger partial charge in [-0.25, -0.2) is 0 Å². The first kappa shape index (κ1) is 22.0. The lowest BCUT2D eigenvalue weighted by Gasteiger charge is -2.11. The van der Waals surface area contributed by atoms with E-state index in [-0.39, 0.29) is 24.8 Å². The maximum atomic E-state index is 12.7. The van der Waals surface area contributed by atoms with Crippen molar-refractivity contribution in [2.75, 3.05) is 24.4 Å². The van der Waals surface area contributed by atoms with Crippen LogP contribution in [0.1, 0.15) is 11.3 Å². The van der Waals surface area contributed by atoms with Crippen LogP contribution in [0.4, 0.5) is 11.4 Å². The average molecular weight is 444 g/mol. The van der Waals surface area contributed by atoms with E-state index >= 15 is 0 Å². The summed E-state index contributed by atoms with van der Waals surface area (Å²) < 4.78 is 10.8. The number of carbonyl (C=O) groups excluding carboxylic acids is 2. The zero-order valence-electron chi connectivity index (χ0n) is 18.5. The van der Waals surface area contributed by atoms with Crippen molar-refractivity contribution < 1.29 is 19.1 Å². The molecule has 0 saturated carbocycles. The second-order valence-corrected chi connectivity index (χ2v) is 7.57. The Hall–Kier alpha value is -4.26. The number of carbonyl (C=O) groups is 2. The second kappa shape index (κ2) is 9.91. The summed E-state index contributed by atoms with van der Waals surface area (Å²) in [7, 11) is 1.54. The van der Waals surface area contributed by atoms with Gasteiger partial charge in [-0.05, 0) is 48.9 Å². The Kier molecular flexibility index (Phi) is 6.59. The van der Waals surface area contributed by atoms with E-state index in [1.54, 1.807) is 49.6 Å². The third kappa shape index (κ3) is 5.33. The first-order chi connectivity index (χ1) is 16.0. The van der Waals surface area contributed by atoms with Gasteiger partial charge in [0.1, 0.15) is 0 Å². The molecule has 0 saturated heterocycles. The van der Waals surface area contributed by atoms with Gasteiger partial charge in [0.2, 0.25) is 5.91 Å². The summed E-state index contributed by atoms with van der Waals surface area (Å²) in [4.78, 5) is 28.3. The first-order valence-electron chi connectivity index (χ1n) is 10.6. The molecule has 33 heavy (non-hydrogen) atoms. The smallest absolute Gasteiger partial charge is 0.262 e. The molecule has 168 valence electrons. The zero-order chi connectivity index (χ0) is 23.2. The predicted molar refractivity (Wildman–Crippen MR) is 129 cm³/mol. The van der Waals surface area contributed by atoms with Crippen LogP contribution in [0.25, 0.3) is 10.9 Å². The van der Waals surface area contributed by atoms with Crippen LogP contribution < -0.4 is 20.1 Å². The number of benzene rings is 3. The monoisotopic (exact) mass is 443 g/mol. The van der Waals surface area contributed by atoms with Crippen molar-refractivity contribution in [2.24, 2.45) is 0 Å². The van der Waals surface area contributed by atoms with Crippen LogP contribution in [-0.2, 0) is 16.0 Å². The van der Waals surface area contributed by atoms with E-state index in [0.717, 1.165) is 22.2 Å². The van der Waals surface area contributed by atoms with Crippen LogP contribution in [0.3, 0.4) is 0 Å². The third-order valence-electron chi connectivity index (χ3n) is 5.22. The number of aromatic nitrogens is 1. The summed E-state index contributed by atoms with van der Waals surface area (Å²) >= 11 is 0. The van der Waals surface area contributed by atoms with Gasteiger partial charge in [0.15, 0.2) is 18.1 Å². The molecular weight excluding hydrogens is 418 g/mol. The quantitative estimate of drug-likeness (QED) is 0.369. The van der Waals surface area contributed by atoms with Crippen molar-refractivity contribution in [1.29, 1.82) is 0 Å². The molecule has 1 heterocycles. The van der Waals surface area contributed by atoms with Gasteiger partial charge in [-0.3, -0.25) is 9.59 Å². The lowest BCUT2D eigenvalue weighted by atomic mass is 10.1. The Bertz CT molecular complexity index is 1300. The fourth-order valence-electron chi connectivity index (χ4n) is 3.68. The highest BCUT2D eigenvalue weighted by atomic mass is 16.5. The van der Waals surface area contributed by atoms with E-state index in [4.69, 9.17) is 9.47 Å². The van der Waals surface area contributed by atoms with Crippen molar-refractivity contribution in [2.45, 2.75) is 13.3 Å². The second-order valence-electron chi connectivity index (χ2n) is 7.57. The van der Waals surface area contributed by atoms with E-state index < -0.39 is 0 Å². The summed E-state index contributed by atoms with van der Waals surface area (Å²) in [5, 5.41) is 6.73. The van der Waals surface area contributed by atoms with Crippen molar-refractivity contribution in [3.63, 3.8) is 0 Å². The number of hydrogen-bond acceptors (Lipinski definition) is 4. The van der Waals surface area contributed by atoms with Gasteiger partial charge in [0.25, 0.3) is 5.91 Å². The number of ether oxygens (including phenoxy) is 2. The van der Waals surface area contributed by atoms with Gasteiger partial charge in [0.05, 0.1) is 13.5 Å². The molecule has 7 heteroatoms. The van der Waals surface area contributed by atoms with Gasteiger partial charge < -0.3 is 25.1 Å². The molecule has 0 radical (unpaired) electrons. The minimum atomic E-state index is -0.321. The molecule has 7 nitrogen and oxygen atoms in total. The normalized spacial score (nSPS) is 10.6. The number of para-hydroxylation sites is 3. The van der Waals surface area contributed by atoms with Crippen LogP contribution in [-0.4, -0.2) is 30.5 Å². The Morgan fingerprint density at radius 2 is 1.52 bits per heavy atom. The van der Waals surface area contributed by atoms with Crippen LogP contribution in [0.15, 0.2) is 72.8 Å². The molecule has 0 unspecified atom stereocenters. The number of aromatic amines is 1. The molecule has 3 aromatic carbocycles. The molecule has 3 N–H and O–H groups in total. The largest absolute Gasteiger partial charge is 0.493 e. The van der Waals surface area contributed by atoms with Crippen LogP contribution >= 0.6 is 0 Å². The predicted octanol–water partition coefficient (Wildman–Crippen LogP) is 4.68. The molecule has 0 fully saturated rings. The molecule has 4 rings (SSSR count). The van der Waals surface area contributed by atoms with E-state index in [2.05, 4.69) is 15.6 Å².